The summed E-state index contributed by atoms with van der Waals surface area (Å²) in [6.07, 6.45) is 1.12. The van der Waals surface area contributed by atoms with Gasteiger partial charge in [0.15, 0.2) is 5.69 Å². The van der Waals surface area contributed by atoms with E-state index < -0.39 is 4.92 Å². The first kappa shape index (κ1) is 8.60. The van der Waals surface area contributed by atoms with Crippen molar-refractivity contribution in [2.45, 2.75) is 0 Å². The van der Waals surface area contributed by atoms with Crippen LogP contribution in [0, 0.1) is 10.1 Å². The van der Waals surface area contributed by atoms with Crippen molar-refractivity contribution in [3.05, 3.63) is 22.0 Å². The van der Waals surface area contributed by atoms with E-state index in [1.807, 2.05) is 0 Å². The van der Waals surface area contributed by atoms with Gasteiger partial charge in [-0.2, -0.15) is 5.10 Å². The first-order valence-corrected chi connectivity index (χ1v) is 3.41. The Kier molecular flexibility index (Phi) is 2.05. The lowest BCUT2D eigenvalue weighted by atomic mass is 10.4. The second-order valence-electron chi connectivity index (χ2n) is 2.12. The third-order valence-electron chi connectivity index (χ3n) is 1.35. The van der Waals surface area contributed by atoms with E-state index in [-0.39, 0.29) is 16.4 Å². The highest BCUT2D eigenvalue weighted by molar-refractivity contribution is 7.80. The molecule has 1 aromatic rings. The van der Waals surface area contributed by atoms with Crippen LogP contribution in [0.5, 0.6) is 0 Å². The Morgan fingerprint density at radius 1 is 1.92 bits per heavy atom. The maximum atomic E-state index is 10.4. The molecule has 0 radical (unpaired) electrons. The smallest absolute Gasteiger partial charge is 0.317 e. The largest absolute Gasteiger partial charge is 0.388 e. The molecule has 0 aliphatic heterocycles. The van der Waals surface area contributed by atoms with Gasteiger partial charge in [0.1, 0.15) is 11.2 Å². The Bertz CT molecular complexity index is 345. The van der Waals surface area contributed by atoms with Crippen molar-refractivity contribution >= 4 is 22.9 Å². The molecule has 64 valence electrons. The maximum Gasteiger partial charge on any atom is 0.317 e. The van der Waals surface area contributed by atoms with Crippen molar-refractivity contribution < 1.29 is 4.92 Å². The second kappa shape index (κ2) is 2.86. The van der Waals surface area contributed by atoms with Crippen LogP contribution < -0.4 is 5.73 Å². The number of rotatable bonds is 2. The molecular formula is C5H6N4O2S. The average Bonchev–Trinajstić information content (AvgIpc) is 2.30. The van der Waals surface area contributed by atoms with Gasteiger partial charge in [-0.05, 0) is 0 Å². The van der Waals surface area contributed by atoms with E-state index >= 15 is 0 Å². The number of nitrogens with two attached hydrogens (primary N) is 1. The van der Waals surface area contributed by atoms with Gasteiger partial charge in [-0.25, -0.2) is 0 Å². The first-order valence-electron chi connectivity index (χ1n) is 3.00. The predicted molar refractivity (Wildman–Crippen MR) is 45.7 cm³/mol. The summed E-state index contributed by atoms with van der Waals surface area (Å²) in [7, 11) is 1.54. The standard InChI is InChI=1S/C5H6N4O2S/c1-8-4(5(6)12)3(2-7-8)9(10)11/h2H,1H3,(H2,6,12). The molecule has 2 N–H and O–H groups in total. The highest BCUT2D eigenvalue weighted by Gasteiger charge is 2.20. The van der Waals surface area contributed by atoms with Crippen LogP contribution >= 0.6 is 12.2 Å². The van der Waals surface area contributed by atoms with Gasteiger partial charge < -0.3 is 5.73 Å². The van der Waals surface area contributed by atoms with Crippen LogP contribution in [0.15, 0.2) is 6.20 Å². The van der Waals surface area contributed by atoms with Crippen molar-refractivity contribution in [2.24, 2.45) is 12.8 Å². The zero-order chi connectivity index (χ0) is 9.30. The molecule has 12 heavy (non-hydrogen) atoms. The fraction of sp³-hybridized carbons (Fsp3) is 0.200. The third kappa shape index (κ3) is 1.26. The summed E-state index contributed by atoms with van der Waals surface area (Å²) in [5, 5.41) is 14.0. The van der Waals surface area contributed by atoms with Crippen molar-refractivity contribution in [1.82, 2.24) is 9.78 Å². The summed E-state index contributed by atoms with van der Waals surface area (Å²) in [6, 6.07) is 0. The van der Waals surface area contributed by atoms with Crippen molar-refractivity contribution in [1.29, 1.82) is 0 Å². The molecule has 0 saturated carbocycles. The molecular weight excluding hydrogens is 180 g/mol. The monoisotopic (exact) mass is 186 g/mol. The Morgan fingerprint density at radius 2 is 2.50 bits per heavy atom. The van der Waals surface area contributed by atoms with E-state index in [2.05, 4.69) is 17.3 Å². The molecule has 1 heterocycles. The number of hydrogen-bond acceptors (Lipinski definition) is 4. The SMILES string of the molecule is Cn1ncc([N+](=O)[O-])c1C(N)=S. The third-order valence-corrected chi connectivity index (χ3v) is 1.54. The molecule has 7 heteroatoms. The zero-order valence-electron chi connectivity index (χ0n) is 6.22. The highest BCUT2D eigenvalue weighted by Crippen LogP contribution is 2.15. The molecule has 6 nitrogen and oxygen atoms in total. The Balaban J connectivity index is 3.31. The summed E-state index contributed by atoms with van der Waals surface area (Å²) >= 11 is 4.62. The van der Waals surface area contributed by atoms with E-state index in [1.54, 1.807) is 7.05 Å². The van der Waals surface area contributed by atoms with Crippen LogP contribution in [-0.4, -0.2) is 19.7 Å². The van der Waals surface area contributed by atoms with Crippen molar-refractivity contribution in [2.75, 3.05) is 0 Å². The molecule has 0 fully saturated rings. The van der Waals surface area contributed by atoms with Crippen LogP contribution in [0.2, 0.25) is 0 Å². The van der Waals surface area contributed by atoms with Gasteiger partial charge in [0.05, 0.1) is 4.92 Å². The molecule has 0 aromatic carbocycles. The van der Waals surface area contributed by atoms with Gasteiger partial charge in [-0.3, -0.25) is 14.8 Å². The van der Waals surface area contributed by atoms with E-state index in [9.17, 15) is 10.1 Å². The molecule has 0 aliphatic carbocycles. The lowest BCUT2D eigenvalue weighted by molar-refractivity contribution is -0.385. The van der Waals surface area contributed by atoms with Crippen LogP contribution in [0.25, 0.3) is 0 Å². The van der Waals surface area contributed by atoms with Crippen LogP contribution in [-0.2, 0) is 7.05 Å². The summed E-state index contributed by atoms with van der Waals surface area (Å²) in [5.74, 6) is 0. The van der Waals surface area contributed by atoms with Crippen LogP contribution in [0.3, 0.4) is 0 Å². The minimum atomic E-state index is -0.568. The van der Waals surface area contributed by atoms with E-state index in [0.717, 1.165) is 6.20 Å². The molecule has 0 atom stereocenters. The van der Waals surface area contributed by atoms with Gasteiger partial charge >= 0.3 is 5.69 Å². The zero-order valence-corrected chi connectivity index (χ0v) is 7.04. The Hall–Kier alpha value is -1.50. The number of aromatic nitrogens is 2. The van der Waals surface area contributed by atoms with Crippen LogP contribution in [0.1, 0.15) is 5.69 Å². The maximum absolute atomic E-state index is 10.4. The second-order valence-corrected chi connectivity index (χ2v) is 2.56. The number of thiocarbonyl (C=S) groups is 1. The minimum absolute atomic E-state index is 0.0262. The molecule has 0 unspecified atom stereocenters. The van der Waals surface area contributed by atoms with Gasteiger partial charge in [-0.15, -0.1) is 0 Å². The topological polar surface area (TPSA) is 87.0 Å². The summed E-state index contributed by atoms with van der Waals surface area (Å²) in [6.45, 7) is 0. The minimum Gasteiger partial charge on any atom is -0.388 e. The lowest BCUT2D eigenvalue weighted by Crippen LogP contribution is -2.16. The molecule has 0 spiro atoms. The summed E-state index contributed by atoms with van der Waals surface area (Å²) in [4.78, 5) is 9.78. The molecule has 0 saturated heterocycles. The average molecular weight is 186 g/mol. The Labute approximate surface area is 73.1 Å². The van der Waals surface area contributed by atoms with Gasteiger partial charge in [0.25, 0.3) is 0 Å². The van der Waals surface area contributed by atoms with Crippen molar-refractivity contribution in [3.8, 4) is 0 Å². The number of hydrogen-bond donors (Lipinski definition) is 1. The van der Waals surface area contributed by atoms with E-state index in [1.165, 1.54) is 4.68 Å². The molecule has 0 bridgehead atoms. The summed E-state index contributed by atoms with van der Waals surface area (Å²) in [5.41, 5.74) is 5.28. The highest BCUT2D eigenvalue weighted by atomic mass is 32.1. The summed E-state index contributed by atoms with van der Waals surface area (Å²) < 4.78 is 1.28. The van der Waals surface area contributed by atoms with Gasteiger partial charge in [-0.1, -0.05) is 12.2 Å². The molecule has 0 aliphatic rings. The van der Waals surface area contributed by atoms with Crippen LogP contribution in [0.4, 0.5) is 5.69 Å². The normalized spacial score (nSPS) is 9.75. The number of nitrogens with zero attached hydrogens (tertiary/aromatic N) is 3. The fourth-order valence-corrected chi connectivity index (χ4v) is 1.08. The van der Waals surface area contributed by atoms with Crippen molar-refractivity contribution in [3.63, 3.8) is 0 Å². The van der Waals surface area contributed by atoms with E-state index in [0.29, 0.717) is 0 Å². The molecule has 1 rings (SSSR count). The van der Waals surface area contributed by atoms with Gasteiger partial charge in [0.2, 0.25) is 0 Å². The van der Waals surface area contributed by atoms with E-state index in [4.69, 9.17) is 5.73 Å². The molecule has 0 amide bonds. The quantitative estimate of drug-likeness (QED) is 0.398. The fourth-order valence-electron chi connectivity index (χ4n) is 0.845. The predicted octanol–water partition coefficient (Wildman–Crippen LogP) is -0.0375. The Morgan fingerprint density at radius 3 is 2.83 bits per heavy atom. The molecule has 1 aromatic heterocycles. The number of aryl methyl sites for hydroxylation is 1. The number of nitro groups is 1. The lowest BCUT2D eigenvalue weighted by Gasteiger charge is -1.96. The van der Waals surface area contributed by atoms with Gasteiger partial charge in [0, 0.05) is 7.05 Å². The first-order chi connectivity index (χ1) is 5.54.